The molecule has 5 rings (SSSR count). The van der Waals surface area contributed by atoms with Crippen LogP contribution >= 0.6 is 0 Å². The number of hydrogen-bond donors (Lipinski definition) is 1. The molecule has 3 aromatic carbocycles. The van der Waals surface area contributed by atoms with Gasteiger partial charge in [-0.2, -0.15) is 0 Å². The number of fused-ring (bicyclic) bond motifs is 3. The summed E-state index contributed by atoms with van der Waals surface area (Å²) in [5.41, 5.74) is 6.17. The van der Waals surface area contributed by atoms with E-state index < -0.39 is 0 Å². The smallest absolute Gasteiger partial charge is 0.409 e. The van der Waals surface area contributed by atoms with Crippen molar-refractivity contribution in [1.82, 2.24) is 4.90 Å². The summed E-state index contributed by atoms with van der Waals surface area (Å²) in [5, 5.41) is 9.47. The fraction of sp³-hybridized carbons (Fsp3) is 0.269. The summed E-state index contributed by atoms with van der Waals surface area (Å²) >= 11 is 0. The van der Waals surface area contributed by atoms with Crippen molar-refractivity contribution in [3.63, 3.8) is 0 Å². The van der Waals surface area contributed by atoms with Gasteiger partial charge in [0.15, 0.2) is 0 Å². The molecule has 0 saturated carbocycles. The van der Waals surface area contributed by atoms with E-state index >= 15 is 0 Å². The Balaban J connectivity index is 1.22. The van der Waals surface area contributed by atoms with Crippen LogP contribution in [0, 0.1) is 0 Å². The lowest BCUT2D eigenvalue weighted by atomic mass is 9.89. The van der Waals surface area contributed by atoms with Crippen LogP contribution in [0.15, 0.2) is 72.8 Å². The number of nitrogens with zero attached hydrogens (tertiary/aromatic N) is 1. The highest BCUT2D eigenvalue weighted by atomic mass is 16.6. The maximum absolute atomic E-state index is 12.7. The average Bonchev–Trinajstić information content (AvgIpc) is 3.12. The molecular formula is C26H25NO3. The molecular weight excluding hydrogens is 374 g/mol. The first-order valence-electron chi connectivity index (χ1n) is 10.6. The van der Waals surface area contributed by atoms with Crippen LogP contribution in [0.1, 0.15) is 41.4 Å². The molecule has 1 heterocycles. The minimum Gasteiger partial charge on any atom is -0.508 e. The van der Waals surface area contributed by atoms with Crippen LogP contribution in [-0.4, -0.2) is 35.8 Å². The Morgan fingerprint density at radius 3 is 2.03 bits per heavy atom. The lowest BCUT2D eigenvalue weighted by molar-refractivity contribution is 0.0904. The molecule has 0 unspecified atom stereocenters. The number of phenolic OH excluding ortho intramolecular Hbond substituents is 1. The molecule has 1 aliphatic heterocycles. The first kappa shape index (κ1) is 18.7. The van der Waals surface area contributed by atoms with Crippen LogP contribution in [0.25, 0.3) is 11.1 Å². The number of carbonyl (C=O) groups excluding carboxylic acids is 1. The number of aromatic hydroxyl groups is 1. The van der Waals surface area contributed by atoms with Crippen molar-refractivity contribution in [2.75, 3.05) is 19.7 Å². The van der Waals surface area contributed by atoms with Crippen molar-refractivity contribution in [3.8, 4) is 16.9 Å². The first-order valence-corrected chi connectivity index (χ1v) is 10.6. The summed E-state index contributed by atoms with van der Waals surface area (Å²) in [6.07, 6.45) is 1.60. The van der Waals surface area contributed by atoms with Crippen molar-refractivity contribution >= 4 is 6.09 Å². The van der Waals surface area contributed by atoms with Crippen LogP contribution in [0.3, 0.4) is 0 Å². The molecule has 2 aliphatic rings. The number of rotatable bonds is 3. The molecule has 0 aromatic heterocycles. The van der Waals surface area contributed by atoms with Crippen molar-refractivity contribution in [1.29, 1.82) is 0 Å². The maximum Gasteiger partial charge on any atom is 0.409 e. The van der Waals surface area contributed by atoms with Gasteiger partial charge in [-0.25, -0.2) is 4.79 Å². The van der Waals surface area contributed by atoms with Gasteiger partial charge in [0.25, 0.3) is 0 Å². The van der Waals surface area contributed by atoms with Gasteiger partial charge in [0, 0.05) is 19.0 Å². The number of hydrogen-bond acceptors (Lipinski definition) is 3. The standard InChI is InChI=1S/C26H25NO3/c28-20-11-9-18(10-12-20)19-13-15-27(16-14-19)26(29)30-17-25-23-7-3-1-5-21(23)22-6-2-4-8-24(22)25/h1-12,19,25,28H,13-17H2. The number of likely N-dealkylation sites (tertiary alicyclic amines) is 1. The van der Waals surface area contributed by atoms with Gasteiger partial charge in [0.05, 0.1) is 0 Å². The van der Waals surface area contributed by atoms with Crippen molar-refractivity contribution in [2.24, 2.45) is 0 Å². The average molecular weight is 399 g/mol. The number of carbonyl (C=O) groups is 1. The van der Waals surface area contributed by atoms with E-state index in [1.807, 2.05) is 29.2 Å². The Morgan fingerprint density at radius 2 is 1.43 bits per heavy atom. The molecule has 4 nitrogen and oxygen atoms in total. The Hall–Kier alpha value is -3.27. The molecule has 1 aliphatic carbocycles. The second-order valence-electron chi connectivity index (χ2n) is 8.16. The van der Waals surface area contributed by atoms with E-state index in [2.05, 4.69) is 36.4 Å². The Labute approximate surface area is 176 Å². The predicted octanol–water partition coefficient (Wildman–Crippen LogP) is 5.52. The molecule has 1 fully saturated rings. The van der Waals surface area contributed by atoms with E-state index in [1.165, 1.54) is 27.8 Å². The summed E-state index contributed by atoms with van der Waals surface area (Å²) < 4.78 is 5.79. The molecule has 0 spiro atoms. The summed E-state index contributed by atoms with van der Waals surface area (Å²) in [6.45, 7) is 1.76. The van der Waals surface area contributed by atoms with Gasteiger partial charge in [-0.05, 0) is 58.7 Å². The van der Waals surface area contributed by atoms with Crippen LogP contribution in [0.5, 0.6) is 5.75 Å². The lowest BCUT2D eigenvalue weighted by Gasteiger charge is -2.32. The molecule has 4 heteroatoms. The number of phenols is 1. The molecule has 0 radical (unpaired) electrons. The predicted molar refractivity (Wildman–Crippen MR) is 117 cm³/mol. The Morgan fingerprint density at radius 1 is 0.867 bits per heavy atom. The number of amides is 1. The fourth-order valence-corrected chi connectivity index (χ4v) is 4.83. The van der Waals surface area contributed by atoms with Crippen LogP contribution < -0.4 is 0 Å². The van der Waals surface area contributed by atoms with Crippen LogP contribution in [-0.2, 0) is 4.74 Å². The first-order chi connectivity index (χ1) is 14.7. The van der Waals surface area contributed by atoms with E-state index in [1.54, 1.807) is 12.1 Å². The third-order valence-electron chi connectivity index (χ3n) is 6.45. The topological polar surface area (TPSA) is 49.8 Å². The van der Waals surface area contributed by atoms with Gasteiger partial charge in [-0.3, -0.25) is 0 Å². The van der Waals surface area contributed by atoms with E-state index in [4.69, 9.17) is 4.74 Å². The van der Waals surface area contributed by atoms with E-state index in [0.29, 0.717) is 25.6 Å². The third-order valence-corrected chi connectivity index (χ3v) is 6.45. The van der Waals surface area contributed by atoms with Gasteiger partial charge in [-0.15, -0.1) is 0 Å². The minimum absolute atomic E-state index is 0.0934. The second-order valence-corrected chi connectivity index (χ2v) is 8.16. The fourth-order valence-electron chi connectivity index (χ4n) is 4.83. The molecule has 1 N–H and O–H groups in total. The summed E-state index contributed by atoms with van der Waals surface area (Å²) in [5.74, 6) is 0.800. The van der Waals surface area contributed by atoms with E-state index in [0.717, 1.165) is 12.8 Å². The maximum atomic E-state index is 12.7. The highest BCUT2D eigenvalue weighted by molar-refractivity contribution is 5.79. The SMILES string of the molecule is O=C(OCC1c2ccccc2-c2ccccc21)N1CCC(c2ccc(O)cc2)CC1. The van der Waals surface area contributed by atoms with Crippen LogP contribution in [0.2, 0.25) is 0 Å². The molecule has 3 aromatic rings. The van der Waals surface area contributed by atoms with Gasteiger partial charge in [-0.1, -0.05) is 60.7 Å². The Kier molecular flexibility index (Phi) is 4.91. The summed E-state index contributed by atoms with van der Waals surface area (Å²) in [6, 6.07) is 24.2. The highest BCUT2D eigenvalue weighted by Crippen LogP contribution is 2.44. The van der Waals surface area contributed by atoms with Gasteiger partial charge < -0.3 is 14.7 Å². The summed E-state index contributed by atoms with van der Waals surface area (Å²) in [7, 11) is 0. The van der Waals surface area contributed by atoms with Crippen molar-refractivity contribution < 1.29 is 14.6 Å². The van der Waals surface area contributed by atoms with E-state index in [-0.39, 0.29) is 17.8 Å². The zero-order chi connectivity index (χ0) is 20.5. The number of ether oxygens (including phenoxy) is 1. The number of benzene rings is 3. The van der Waals surface area contributed by atoms with Crippen molar-refractivity contribution in [2.45, 2.75) is 24.7 Å². The van der Waals surface area contributed by atoms with Crippen molar-refractivity contribution in [3.05, 3.63) is 89.5 Å². The zero-order valence-corrected chi connectivity index (χ0v) is 16.8. The van der Waals surface area contributed by atoms with Gasteiger partial charge in [0.1, 0.15) is 12.4 Å². The molecule has 152 valence electrons. The van der Waals surface area contributed by atoms with Gasteiger partial charge in [0.2, 0.25) is 0 Å². The molecule has 30 heavy (non-hydrogen) atoms. The largest absolute Gasteiger partial charge is 0.508 e. The van der Waals surface area contributed by atoms with E-state index in [9.17, 15) is 9.90 Å². The minimum atomic E-state index is -0.221. The van der Waals surface area contributed by atoms with Crippen LogP contribution in [0.4, 0.5) is 4.79 Å². The Bertz CT molecular complexity index is 1010. The molecule has 0 bridgehead atoms. The second kappa shape index (κ2) is 7.86. The summed E-state index contributed by atoms with van der Waals surface area (Å²) in [4.78, 5) is 14.6. The quantitative estimate of drug-likeness (QED) is 0.631. The molecule has 1 amide bonds. The third kappa shape index (κ3) is 3.43. The highest BCUT2D eigenvalue weighted by Gasteiger charge is 2.30. The van der Waals surface area contributed by atoms with Gasteiger partial charge >= 0.3 is 6.09 Å². The molecule has 1 saturated heterocycles. The lowest BCUT2D eigenvalue weighted by Crippen LogP contribution is -2.38. The normalized spacial score (nSPS) is 16.2. The molecule has 0 atom stereocenters. The monoisotopic (exact) mass is 399 g/mol. The number of piperidine rings is 1. The zero-order valence-electron chi connectivity index (χ0n) is 16.8.